The van der Waals surface area contributed by atoms with E-state index < -0.39 is 53.4 Å². The van der Waals surface area contributed by atoms with Crippen LogP contribution >= 0.6 is 0 Å². The Kier molecular flexibility index (Phi) is 5.30. The van der Waals surface area contributed by atoms with Gasteiger partial charge >= 0.3 is 5.82 Å². The van der Waals surface area contributed by atoms with Crippen molar-refractivity contribution in [2.24, 2.45) is 5.10 Å². The van der Waals surface area contributed by atoms with Gasteiger partial charge in [-0.25, -0.2) is 17.6 Å². The van der Waals surface area contributed by atoms with Crippen LogP contribution in [0.2, 0.25) is 0 Å². The summed E-state index contributed by atoms with van der Waals surface area (Å²) in [6.07, 6.45) is -8.06. The second-order valence-electron chi connectivity index (χ2n) is 5.67. The smallest absolute Gasteiger partial charge is 0.364 e. The number of aryl methyl sites for hydroxylation is 1. The van der Waals surface area contributed by atoms with Gasteiger partial charge in [0.05, 0.1) is 16.9 Å². The van der Waals surface area contributed by atoms with Crippen molar-refractivity contribution in [3.8, 4) is 0 Å². The normalized spacial score (nSPS) is 21.4. The number of amides is 1. The maximum atomic E-state index is 13.3. The number of carbonyl (C=O) groups excluding carboxylic acids is 1. The van der Waals surface area contributed by atoms with Crippen LogP contribution in [-0.2, 0) is 4.79 Å². The maximum Gasteiger partial charge on any atom is 0.390 e. The quantitative estimate of drug-likeness (QED) is 0.459. The Labute approximate surface area is 144 Å². The van der Waals surface area contributed by atoms with Crippen LogP contribution in [0.5, 0.6) is 0 Å². The van der Waals surface area contributed by atoms with E-state index >= 15 is 0 Å². The van der Waals surface area contributed by atoms with Crippen LogP contribution in [-0.4, -0.2) is 55.0 Å². The van der Waals surface area contributed by atoms with E-state index in [0.717, 1.165) is 10.7 Å². The molecule has 26 heavy (non-hydrogen) atoms. The standard InChI is InChI=1S/C13H15F4N5O4/c1-3-8(20-6(2)4-9(19-20)22(25)26)11(23)21-13(24,12(16)17)5-7(18-21)10(14)15/h4,8,10,12,24H,3,5H2,1-2H3/t8-,13+/m0/s1. The summed E-state index contributed by atoms with van der Waals surface area (Å²) in [5.74, 6) is -1.80. The van der Waals surface area contributed by atoms with Gasteiger partial charge in [0.1, 0.15) is 5.71 Å². The molecule has 0 aliphatic carbocycles. The summed E-state index contributed by atoms with van der Waals surface area (Å²) in [5.41, 5.74) is -4.10. The molecule has 0 aromatic carbocycles. The van der Waals surface area contributed by atoms with E-state index in [1.807, 2.05) is 0 Å². The van der Waals surface area contributed by atoms with Crippen molar-refractivity contribution in [2.45, 2.75) is 51.3 Å². The number of halogens is 4. The zero-order valence-corrected chi connectivity index (χ0v) is 13.6. The number of hydrazone groups is 1. The van der Waals surface area contributed by atoms with Gasteiger partial charge in [-0.1, -0.05) is 6.92 Å². The first-order valence-corrected chi connectivity index (χ1v) is 7.43. The van der Waals surface area contributed by atoms with Crippen molar-refractivity contribution >= 4 is 17.4 Å². The van der Waals surface area contributed by atoms with E-state index in [0.29, 0.717) is 0 Å². The highest BCUT2D eigenvalue weighted by atomic mass is 19.3. The number of hydrogen-bond donors (Lipinski definition) is 1. The van der Waals surface area contributed by atoms with Gasteiger partial charge in [0.15, 0.2) is 6.04 Å². The monoisotopic (exact) mass is 381 g/mol. The Balaban J connectivity index is 2.44. The molecule has 9 nitrogen and oxygen atoms in total. The van der Waals surface area contributed by atoms with Gasteiger partial charge in [-0.15, -0.1) is 0 Å². The molecule has 1 aliphatic rings. The Hall–Kier alpha value is -2.57. The minimum absolute atomic E-state index is 0.0616. The van der Waals surface area contributed by atoms with Crippen LogP contribution in [0, 0.1) is 17.0 Å². The highest BCUT2D eigenvalue weighted by Crippen LogP contribution is 2.35. The van der Waals surface area contributed by atoms with Crippen LogP contribution in [0.15, 0.2) is 11.2 Å². The molecule has 1 aromatic rings. The molecule has 1 amide bonds. The van der Waals surface area contributed by atoms with Gasteiger partial charge in [0.2, 0.25) is 5.72 Å². The molecule has 0 saturated heterocycles. The molecule has 2 rings (SSSR count). The molecule has 2 heterocycles. The molecule has 0 radical (unpaired) electrons. The van der Waals surface area contributed by atoms with Gasteiger partial charge in [0, 0.05) is 6.42 Å². The highest BCUT2D eigenvalue weighted by molar-refractivity contribution is 5.93. The fourth-order valence-electron chi connectivity index (χ4n) is 2.59. The van der Waals surface area contributed by atoms with Crippen molar-refractivity contribution in [1.29, 1.82) is 0 Å². The Morgan fingerprint density at radius 2 is 2.08 bits per heavy atom. The third kappa shape index (κ3) is 3.25. The molecule has 0 saturated carbocycles. The van der Waals surface area contributed by atoms with Crippen LogP contribution < -0.4 is 0 Å². The van der Waals surface area contributed by atoms with Crippen molar-refractivity contribution in [2.75, 3.05) is 0 Å². The first kappa shape index (κ1) is 19.8. The first-order valence-electron chi connectivity index (χ1n) is 7.43. The number of alkyl halides is 4. The van der Waals surface area contributed by atoms with E-state index in [4.69, 9.17) is 0 Å². The molecule has 0 fully saturated rings. The molecular weight excluding hydrogens is 366 g/mol. The number of aromatic nitrogens is 2. The molecule has 1 N–H and O–H groups in total. The summed E-state index contributed by atoms with van der Waals surface area (Å²) in [4.78, 5) is 22.6. The lowest BCUT2D eigenvalue weighted by Gasteiger charge is -2.31. The zero-order chi connectivity index (χ0) is 19.8. The lowest BCUT2D eigenvalue weighted by atomic mass is 10.1. The van der Waals surface area contributed by atoms with Gasteiger partial charge in [0.25, 0.3) is 18.8 Å². The predicted molar refractivity (Wildman–Crippen MR) is 78.8 cm³/mol. The fraction of sp³-hybridized carbons (Fsp3) is 0.615. The molecule has 1 aromatic heterocycles. The van der Waals surface area contributed by atoms with Crippen molar-refractivity contribution in [3.63, 3.8) is 0 Å². The van der Waals surface area contributed by atoms with Crippen LogP contribution in [0.25, 0.3) is 0 Å². The molecule has 2 atom stereocenters. The Morgan fingerprint density at radius 3 is 2.50 bits per heavy atom. The average molecular weight is 381 g/mol. The van der Waals surface area contributed by atoms with Gasteiger partial charge < -0.3 is 15.2 Å². The minimum atomic E-state index is -3.56. The van der Waals surface area contributed by atoms with Gasteiger partial charge in [-0.3, -0.25) is 4.79 Å². The molecule has 13 heteroatoms. The first-order chi connectivity index (χ1) is 12.0. The zero-order valence-electron chi connectivity index (χ0n) is 13.6. The second kappa shape index (κ2) is 6.97. The van der Waals surface area contributed by atoms with E-state index in [1.165, 1.54) is 13.8 Å². The average Bonchev–Trinajstić information content (AvgIpc) is 3.10. The van der Waals surface area contributed by atoms with Gasteiger partial charge in [-0.05, 0) is 18.3 Å². The fourth-order valence-corrected chi connectivity index (χ4v) is 2.59. The summed E-state index contributed by atoms with van der Waals surface area (Å²) in [6.45, 7) is 2.86. The number of carbonyl (C=O) groups is 1. The number of nitrogens with zero attached hydrogens (tertiary/aromatic N) is 5. The Morgan fingerprint density at radius 1 is 1.46 bits per heavy atom. The number of nitro groups is 1. The molecule has 0 spiro atoms. The summed E-state index contributed by atoms with van der Waals surface area (Å²) < 4.78 is 53.1. The minimum Gasteiger partial charge on any atom is -0.364 e. The SMILES string of the molecule is CC[C@@H](C(=O)N1N=C(C(F)F)C[C@@]1(O)C(F)F)n1nc([N+](=O)[O-])cc1C. The van der Waals surface area contributed by atoms with E-state index in [9.17, 15) is 37.6 Å². The third-order valence-electron chi connectivity index (χ3n) is 3.91. The largest absolute Gasteiger partial charge is 0.390 e. The van der Waals surface area contributed by atoms with Crippen molar-refractivity contribution in [1.82, 2.24) is 14.8 Å². The van der Waals surface area contributed by atoms with Crippen molar-refractivity contribution in [3.05, 3.63) is 21.9 Å². The Bertz CT molecular complexity index is 753. The van der Waals surface area contributed by atoms with E-state index in [2.05, 4.69) is 10.2 Å². The third-order valence-corrected chi connectivity index (χ3v) is 3.91. The topological polar surface area (TPSA) is 114 Å². The lowest BCUT2D eigenvalue weighted by Crippen LogP contribution is -2.53. The molecule has 144 valence electrons. The second-order valence-corrected chi connectivity index (χ2v) is 5.67. The highest BCUT2D eigenvalue weighted by Gasteiger charge is 2.54. The molecular formula is C13H15F4N5O4. The summed E-state index contributed by atoms with van der Waals surface area (Å²) in [7, 11) is 0. The number of hydrogen-bond acceptors (Lipinski definition) is 6. The van der Waals surface area contributed by atoms with Gasteiger partial charge in [-0.2, -0.15) is 14.8 Å². The number of rotatable bonds is 6. The summed E-state index contributed by atoms with van der Waals surface area (Å²) in [6, 6.07) is -0.290. The van der Waals surface area contributed by atoms with E-state index in [1.54, 1.807) is 0 Å². The predicted octanol–water partition coefficient (Wildman–Crippen LogP) is 1.86. The summed E-state index contributed by atoms with van der Waals surface area (Å²) in [5, 5.41) is 27.6. The number of aliphatic hydroxyl groups is 1. The molecule has 0 unspecified atom stereocenters. The van der Waals surface area contributed by atoms with Crippen LogP contribution in [0.3, 0.4) is 0 Å². The molecule has 0 bridgehead atoms. The van der Waals surface area contributed by atoms with Crippen molar-refractivity contribution < 1.29 is 32.4 Å². The summed E-state index contributed by atoms with van der Waals surface area (Å²) >= 11 is 0. The van der Waals surface area contributed by atoms with Crippen LogP contribution in [0.1, 0.15) is 31.5 Å². The van der Waals surface area contributed by atoms with E-state index in [-0.39, 0.29) is 17.1 Å². The maximum absolute atomic E-state index is 13.3. The lowest BCUT2D eigenvalue weighted by molar-refractivity contribution is -0.389. The molecule has 1 aliphatic heterocycles. The van der Waals surface area contributed by atoms with Crippen LogP contribution in [0.4, 0.5) is 23.4 Å².